The van der Waals surface area contributed by atoms with E-state index in [4.69, 9.17) is 4.74 Å². The van der Waals surface area contributed by atoms with Gasteiger partial charge in [-0.3, -0.25) is 4.90 Å². The number of ether oxygens (including phenoxy) is 1. The molecule has 0 saturated carbocycles. The van der Waals surface area contributed by atoms with E-state index in [-0.39, 0.29) is 0 Å². The minimum absolute atomic E-state index is 0.716. The van der Waals surface area contributed by atoms with Gasteiger partial charge in [0, 0.05) is 12.6 Å². The van der Waals surface area contributed by atoms with Crippen molar-refractivity contribution in [1.29, 1.82) is 0 Å². The monoisotopic (exact) mass is 248 g/mol. The fourth-order valence-electron chi connectivity index (χ4n) is 2.37. The molecule has 0 amide bonds. The molecule has 0 atom stereocenters. The summed E-state index contributed by atoms with van der Waals surface area (Å²) in [6.45, 7) is 6.15. The number of nitrogens with zero attached hydrogens (tertiary/aromatic N) is 1. The third-order valence-corrected chi connectivity index (χ3v) is 3.67. The van der Waals surface area contributed by atoms with Crippen LogP contribution in [0.5, 0.6) is 5.75 Å². The molecule has 1 saturated heterocycles. The number of rotatable bonds is 5. The average Bonchev–Trinajstić information content (AvgIpc) is 2.42. The standard InChI is InChI=1S/C15H24N2O/c1-13-3-5-15(6-4-13)18-12-11-17(2)14-7-9-16-10-8-14/h3-6,14,16H,7-12H2,1-2H3. The van der Waals surface area contributed by atoms with Crippen molar-refractivity contribution >= 4 is 0 Å². The van der Waals surface area contributed by atoms with Crippen molar-refractivity contribution in [2.24, 2.45) is 0 Å². The van der Waals surface area contributed by atoms with Crippen LogP contribution in [0.25, 0.3) is 0 Å². The smallest absolute Gasteiger partial charge is 0.119 e. The van der Waals surface area contributed by atoms with Gasteiger partial charge >= 0.3 is 0 Å². The third kappa shape index (κ3) is 4.00. The minimum atomic E-state index is 0.716. The van der Waals surface area contributed by atoms with Crippen LogP contribution >= 0.6 is 0 Å². The van der Waals surface area contributed by atoms with Crippen LogP contribution in [-0.2, 0) is 0 Å². The highest BCUT2D eigenvalue weighted by Gasteiger charge is 2.17. The van der Waals surface area contributed by atoms with Crippen molar-refractivity contribution in [3.8, 4) is 5.75 Å². The summed E-state index contributed by atoms with van der Waals surface area (Å²) in [4.78, 5) is 2.43. The van der Waals surface area contributed by atoms with Crippen molar-refractivity contribution in [3.63, 3.8) is 0 Å². The van der Waals surface area contributed by atoms with Gasteiger partial charge in [0.1, 0.15) is 12.4 Å². The number of benzene rings is 1. The highest BCUT2D eigenvalue weighted by molar-refractivity contribution is 5.26. The molecule has 0 bridgehead atoms. The average molecular weight is 248 g/mol. The zero-order valence-electron chi connectivity index (χ0n) is 11.5. The zero-order valence-corrected chi connectivity index (χ0v) is 11.5. The van der Waals surface area contributed by atoms with E-state index >= 15 is 0 Å². The maximum absolute atomic E-state index is 5.77. The van der Waals surface area contributed by atoms with E-state index in [1.807, 2.05) is 12.1 Å². The first-order chi connectivity index (χ1) is 8.75. The van der Waals surface area contributed by atoms with Crippen LogP contribution < -0.4 is 10.1 Å². The summed E-state index contributed by atoms with van der Waals surface area (Å²) in [5.74, 6) is 0.972. The summed E-state index contributed by atoms with van der Waals surface area (Å²) >= 11 is 0. The number of aryl methyl sites for hydroxylation is 1. The Morgan fingerprint density at radius 1 is 1.22 bits per heavy atom. The Bertz CT molecular complexity index is 344. The van der Waals surface area contributed by atoms with E-state index in [0.29, 0.717) is 6.04 Å². The van der Waals surface area contributed by atoms with E-state index in [0.717, 1.165) is 32.0 Å². The lowest BCUT2D eigenvalue weighted by atomic mass is 10.1. The SMILES string of the molecule is Cc1ccc(OCCN(C)C2CCNCC2)cc1. The van der Waals surface area contributed by atoms with Gasteiger partial charge in [0.2, 0.25) is 0 Å². The van der Waals surface area contributed by atoms with Gasteiger partial charge < -0.3 is 10.1 Å². The molecule has 1 aromatic carbocycles. The van der Waals surface area contributed by atoms with E-state index in [2.05, 4.69) is 36.3 Å². The highest BCUT2D eigenvalue weighted by Crippen LogP contribution is 2.12. The maximum Gasteiger partial charge on any atom is 0.119 e. The molecule has 3 heteroatoms. The Hall–Kier alpha value is -1.06. The van der Waals surface area contributed by atoms with Crippen molar-refractivity contribution < 1.29 is 4.74 Å². The summed E-state index contributed by atoms with van der Waals surface area (Å²) in [5, 5.41) is 3.40. The van der Waals surface area contributed by atoms with Gasteiger partial charge in [-0.2, -0.15) is 0 Å². The summed E-state index contributed by atoms with van der Waals surface area (Å²) in [6.07, 6.45) is 2.50. The fraction of sp³-hybridized carbons (Fsp3) is 0.600. The lowest BCUT2D eigenvalue weighted by Crippen LogP contribution is -2.42. The van der Waals surface area contributed by atoms with Crippen LogP contribution in [0.3, 0.4) is 0 Å². The molecule has 1 fully saturated rings. The van der Waals surface area contributed by atoms with Crippen LogP contribution in [0.15, 0.2) is 24.3 Å². The van der Waals surface area contributed by atoms with Crippen molar-refractivity contribution in [2.75, 3.05) is 33.3 Å². The fourth-order valence-corrected chi connectivity index (χ4v) is 2.37. The number of hydrogen-bond acceptors (Lipinski definition) is 3. The van der Waals surface area contributed by atoms with Crippen molar-refractivity contribution in [3.05, 3.63) is 29.8 Å². The molecule has 2 rings (SSSR count). The number of likely N-dealkylation sites (N-methyl/N-ethyl adjacent to an activating group) is 1. The van der Waals surface area contributed by atoms with E-state index < -0.39 is 0 Å². The lowest BCUT2D eigenvalue weighted by molar-refractivity contribution is 0.165. The van der Waals surface area contributed by atoms with E-state index in [1.165, 1.54) is 18.4 Å². The molecule has 3 nitrogen and oxygen atoms in total. The van der Waals surface area contributed by atoms with Gasteiger partial charge in [0.15, 0.2) is 0 Å². The molecule has 0 aromatic heterocycles. The molecule has 1 heterocycles. The predicted octanol–water partition coefficient (Wildman–Crippen LogP) is 2.06. The molecule has 1 aliphatic heterocycles. The largest absolute Gasteiger partial charge is 0.492 e. The molecule has 1 aliphatic rings. The molecule has 0 radical (unpaired) electrons. The molecular weight excluding hydrogens is 224 g/mol. The van der Waals surface area contributed by atoms with Gasteiger partial charge in [-0.15, -0.1) is 0 Å². The van der Waals surface area contributed by atoms with Gasteiger partial charge in [-0.05, 0) is 52.0 Å². The summed E-state index contributed by atoms with van der Waals surface area (Å²) in [6, 6.07) is 8.98. The van der Waals surface area contributed by atoms with Crippen molar-refractivity contribution in [1.82, 2.24) is 10.2 Å². The Labute approximate surface area is 110 Å². The molecule has 0 spiro atoms. The topological polar surface area (TPSA) is 24.5 Å². The number of nitrogens with one attached hydrogen (secondary N) is 1. The molecule has 18 heavy (non-hydrogen) atoms. The molecular formula is C15H24N2O. The first-order valence-corrected chi connectivity index (χ1v) is 6.86. The molecule has 0 aliphatic carbocycles. The van der Waals surface area contributed by atoms with Gasteiger partial charge in [0.25, 0.3) is 0 Å². The predicted molar refractivity (Wildman–Crippen MR) is 75.2 cm³/mol. The number of piperidine rings is 1. The van der Waals surface area contributed by atoms with Crippen LogP contribution in [0.2, 0.25) is 0 Å². The van der Waals surface area contributed by atoms with Gasteiger partial charge in [-0.1, -0.05) is 17.7 Å². The minimum Gasteiger partial charge on any atom is -0.492 e. The van der Waals surface area contributed by atoms with Gasteiger partial charge in [0.05, 0.1) is 0 Å². The number of hydrogen-bond donors (Lipinski definition) is 1. The Morgan fingerprint density at radius 2 is 1.89 bits per heavy atom. The van der Waals surface area contributed by atoms with Crippen LogP contribution in [-0.4, -0.2) is 44.2 Å². The van der Waals surface area contributed by atoms with E-state index in [1.54, 1.807) is 0 Å². The summed E-state index contributed by atoms with van der Waals surface area (Å²) < 4.78 is 5.77. The van der Waals surface area contributed by atoms with Crippen LogP contribution in [0, 0.1) is 6.92 Å². The highest BCUT2D eigenvalue weighted by atomic mass is 16.5. The maximum atomic E-state index is 5.77. The Balaban J connectivity index is 1.69. The first kappa shape index (κ1) is 13.4. The second-order valence-corrected chi connectivity index (χ2v) is 5.12. The lowest BCUT2D eigenvalue weighted by Gasteiger charge is -2.31. The zero-order chi connectivity index (χ0) is 12.8. The molecule has 0 unspecified atom stereocenters. The summed E-state index contributed by atoms with van der Waals surface area (Å²) in [5.41, 5.74) is 1.27. The van der Waals surface area contributed by atoms with Crippen LogP contribution in [0.1, 0.15) is 18.4 Å². The first-order valence-electron chi connectivity index (χ1n) is 6.86. The normalized spacial score (nSPS) is 17.1. The second kappa shape index (κ2) is 6.76. The van der Waals surface area contributed by atoms with Crippen LogP contribution in [0.4, 0.5) is 0 Å². The molecule has 1 aromatic rings. The Kier molecular flexibility index (Phi) is 5.02. The Morgan fingerprint density at radius 3 is 2.56 bits per heavy atom. The second-order valence-electron chi connectivity index (χ2n) is 5.12. The molecule has 100 valence electrons. The van der Waals surface area contributed by atoms with Gasteiger partial charge in [-0.25, -0.2) is 0 Å². The third-order valence-electron chi connectivity index (χ3n) is 3.67. The molecule has 1 N–H and O–H groups in total. The van der Waals surface area contributed by atoms with E-state index in [9.17, 15) is 0 Å². The van der Waals surface area contributed by atoms with Crippen molar-refractivity contribution in [2.45, 2.75) is 25.8 Å². The summed E-state index contributed by atoms with van der Waals surface area (Å²) in [7, 11) is 2.20. The quantitative estimate of drug-likeness (QED) is 0.863.